The van der Waals surface area contributed by atoms with Gasteiger partial charge in [0.05, 0.1) is 5.69 Å². The molecule has 0 radical (unpaired) electrons. The van der Waals surface area contributed by atoms with Crippen LogP contribution in [0.1, 0.15) is 44.7 Å². The molecule has 0 unspecified atom stereocenters. The van der Waals surface area contributed by atoms with Gasteiger partial charge in [-0.3, -0.25) is 0 Å². The van der Waals surface area contributed by atoms with Crippen molar-refractivity contribution in [2.45, 2.75) is 46.0 Å². The lowest BCUT2D eigenvalue weighted by atomic mass is 9.83. The zero-order valence-corrected chi connectivity index (χ0v) is 12.4. The second-order valence-corrected chi connectivity index (χ2v) is 6.09. The van der Waals surface area contributed by atoms with Crippen LogP contribution in [0.15, 0.2) is 24.3 Å². The van der Waals surface area contributed by atoms with Gasteiger partial charge in [0.25, 0.3) is 0 Å². The van der Waals surface area contributed by atoms with E-state index in [1.54, 1.807) is 0 Å². The molecule has 0 spiro atoms. The predicted molar refractivity (Wildman–Crippen MR) is 84.0 cm³/mol. The van der Waals surface area contributed by atoms with Crippen LogP contribution in [0.3, 0.4) is 0 Å². The van der Waals surface area contributed by atoms with E-state index in [4.69, 9.17) is 0 Å². The zero-order chi connectivity index (χ0) is 14.0. The Balaban J connectivity index is 1.86. The normalized spacial score (nSPS) is 17.5. The molecule has 1 saturated carbocycles. The van der Waals surface area contributed by atoms with E-state index in [1.165, 1.54) is 42.9 Å². The Morgan fingerprint density at radius 3 is 2.50 bits per heavy atom. The highest BCUT2D eigenvalue weighted by atomic mass is 15.2. The van der Waals surface area contributed by atoms with E-state index >= 15 is 0 Å². The first-order valence-corrected chi connectivity index (χ1v) is 7.70. The molecular formula is C17H23N3. The summed E-state index contributed by atoms with van der Waals surface area (Å²) in [6.45, 7) is 5.35. The topological polar surface area (TPSA) is 37.8 Å². The number of aromatic nitrogens is 2. The van der Waals surface area contributed by atoms with Gasteiger partial charge >= 0.3 is 0 Å². The number of benzene rings is 1. The van der Waals surface area contributed by atoms with Gasteiger partial charge in [0.15, 0.2) is 5.82 Å². The molecule has 3 heteroatoms. The minimum Gasteiger partial charge on any atom is -0.368 e. The monoisotopic (exact) mass is 269 g/mol. The van der Waals surface area contributed by atoms with Crippen LogP contribution < -0.4 is 5.32 Å². The van der Waals surface area contributed by atoms with Gasteiger partial charge in [-0.1, -0.05) is 44.0 Å². The average molecular weight is 269 g/mol. The standard InChI is InChI=1S/C17H23N3/c1-3-17(10-6-7-11-17)12-18-16-15-9-5-4-8-14(15)13(2)19-20-16/h4-5,8-9H,3,6-7,10-12H2,1-2H3,(H,18,20). The Kier molecular flexibility index (Phi) is 3.60. The van der Waals surface area contributed by atoms with Crippen LogP contribution >= 0.6 is 0 Å². The Hall–Kier alpha value is -1.64. The van der Waals surface area contributed by atoms with Crippen molar-refractivity contribution in [1.29, 1.82) is 0 Å². The summed E-state index contributed by atoms with van der Waals surface area (Å²) in [4.78, 5) is 0. The molecule has 20 heavy (non-hydrogen) atoms. The summed E-state index contributed by atoms with van der Waals surface area (Å²) in [5.74, 6) is 0.936. The lowest BCUT2D eigenvalue weighted by Crippen LogP contribution is -2.26. The fourth-order valence-corrected chi connectivity index (χ4v) is 3.42. The average Bonchev–Trinajstić information content (AvgIpc) is 2.96. The largest absolute Gasteiger partial charge is 0.368 e. The van der Waals surface area contributed by atoms with Gasteiger partial charge in [-0.25, -0.2) is 0 Å². The number of aryl methyl sites for hydroxylation is 1. The van der Waals surface area contributed by atoms with Gasteiger partial charge in [0, 0.05) is 17.3 Å². The fourth-order valence-electron chi connectivity index (χ4n) is 3.42. The maximum atomic E-state index is 4.37. The fraction of sp³-hybridized carbons (Fsp3) is 0.529. The molecular weight excluding hydrogens is 246 g/mol. The molecule has 0 aliphatic heterocycles. The maximum absolute atomic E-state index is 4.37. The molecule has 0 bridgehead atoms. The van der Waals surface area contributed by atoms with Gasteiger partial charge in [-0.2, -0.15) is 5.10 Å². The van der Waals surface area contributed by atoms with E-state index in [9.17, 15) is 0 Å². The summed E-state index contributed by atoms with van der Waals surface area (Å²) < 4.78 is 0. The quantitative estimate of drug-likeness (QED) is 0.898. The second-order valence-electron chi connectivity index (χ2n) is 6.09. The van der Waals surface area contributed by atoms with E-state index in [2.05, 4.69) is 46.7 Å². The van der Waals surface area contributed by atoms with Crippen LogP contribution in [-0.2, 0) is 0 Å². The number of anilines is 1. The molecule has 3 nitrogen and oxygen atoms in total. The summed E-state index contributed by atoms with van der Waals surface area (Å²) in [6, 6.07) is 8.38. The van der Waals surface area contributed by atoms with Crippen LogP contribution in [0.2, 0.25) is 0 Å². The molecule has 1 aliphatic rings. The smallest absolute Gasteiger partial charge is 0.156 e. The lowest BCUT2D eigenvalue weighted by molar-refractivity contribution is 0.306. The highest BCUT2D eigenvalue weighted by Gasteiger charge is 2.31. The zero-order valence-electron chi connectivity index (χ0n) is 12.4. The van der Waals surface area contributed by atoms with Crippen LogP contribution in [0.4, 0.5) is 5.82 Å². The van der Waals surface area contributed by atoms with Gasteiger partial charge in [-0.05, 0) is 31.6 Å². The van der Waals surface area contributed by atoms with Crippen LogP contribution in [0.5, 0.6) is 0 Å². The van der Waals surface area contributed by atoms with Crippen LogP contribution in [-0.4, -0.2) is 16.7 Å². The summed E-state index contributed by atoms with van der Waals surface area (Å²) in [6.07, 6.45) is 6.67. The van der Waals surface area contributed by atoms with Crippen molar-refractivity contribution in [3.63, 3.8) is 0 Å². The van der Waals surface area contributed by atoms with E-state index in [0.29, 0.717) is 5.41 Å². The van der Waals surface area contributed by atoms with Crippen molar-refractivity contribution in [2.24, 2.45) is 5.41 Å². The molecule has 1 fully saturated rings. The molecule has 2 aromatic rings. The minimum absolute atomic E-state index is 0.466. The van der Waals surface area contributed by atoms with Crippen LogP contribution in [0, 0.1) is 12.3 Å². The lowest BCUT2D eigenvalue weighted by Gasteiger charge is -2.28. The molecule has 1 aromatic carbocycles. The summed E-state index contributed by atoms with van der Waals surface area (Å²) in [7, 11) is 0. The van der Waals surface area contributed by atoms with Crippen LogP contribution in [0.25, 0.3) is 10.8 Å². The number of fused-ring (bicyclic) bond motifs is 1. The SMILES string of the molecule is CCC1(CNc2nnc(C)c3ccccc23)CCCC1. The molecule has 0 atom stereocenters. The van der Waals surface area contributed by atoms with E-state index < -0.39 is 0 Å². The van der Waals surface area contributed by atoms with Crippen molar-refractivity contribution in [3.8, 4) is 0 Å². The van der Waals surface area contributed by atoms with Crippen molar-refractivity contribution in [1.82, 2.24) is 10.2 Å². The number of nitrogens with one attached hydrogen (secondary N) is 1. The number of nitrogens with zero attached hydrogens (tertiary/aromatic N) is 2. The third-order valence-electron chi connectivity index (χ3n) is 4.92. The highest BCUT2D eigenvalue weighted by Crippen LogP contribution is 2.41. The van der Waals surface area contributed by atoms with Crippen molar-refractivity contribution < 1.29 is 0 Å². The molecule has 0 saturated heterocycles. The van der Waals surface area contributed by atoms with Gasteiger partial charge in [0.1, 0.15) is 0 Å². The summed E-state index contributed by atoms with van der Waals surface area (Å²) in [5.41, 5.74) is 1.46. The Bertz CT molecular complexity index is 600. The Morgan fingerprint density at radius 1 is 1.10 bits per heavy atom. The first-order chi connectivity index (χ1) is 9.74. The third-order valence-corrected chi connectivity index (χ3v) is 4.92. The number of hydrogen-bond donors (Lipinski definition) is 1. The second kappa shape index (κ2) is 5.39. The first-order valence-electron chi connectivity index (χ1n) is 7.70. The Morgan fingerprint density at radius 2 is 1.80 bits per heavy atom. The first kappa shape index (κ1) is 13.3. The highest BCUT2D eigenvalue weighted by molar-refractivity contribution is 5.92. The number of hydrogen-bond acceptors (Lipinski definition) is 3. The summed E-state index contributed by atoms with van der Waals surface area (Å²) in [5, 5.41) is 14.6. The van der Waals surface area contributed by atoms with Gasteiger partial charge in [0.2, 0.25) is 0 Å². The van der Waals surface area contributed by atoms with Gasteiger partial charge in [-0.15, -0.1) is 5.10 Å². The van der Waals surface area contributed by atoms with E-state index in [-0.39, 0.29) is 0 Å². The third kappa shape index (κ3) is 2.37. The molecule has 3 rings (SSSR count). The molecule has 106 valence electrons. The Labute approximate surface area is 120 Å². The number of rotatable bonds is 4. The molecule has 1 aromatic heterocycles. The molecule has 1 heterocycles. The molecule has 1 N–H and O–H groups in total. The maximum Gasteiger partial charge on any atom is 0.156 e. The van der Waals surface area contributed by atoms with Gasteiger partial charge < -0.3 is 5.32 Å². The predicted octanol–water partition coefficient (Wildman–Crippen LogP) is 4.32. The minimum atomic E-state index is 0.466. The van der Waals surface area contributed by atoms with E-state index in [0.717, 1.165) is 18.1 Å². The van der Waals surface area contributed by atoms with E-state index in [1.807, 2.05) is 6.92 Å². The molecule has 1 aliphatic carbocycles. The van der Waals surface area contributed by atoms with Crippen molar-refractivity contribution in [2.75, 3.05) is 11.9 Å². The molecule has 0 amide bonds. The van der Waals surface area contributed by atoms with Crippen molar-refractivity contribution in [3.05, 3.63) is 30.0 Å². The van der Waals surface area contributed by atoms with Crippen molar-refractivity contribution >= 4 is 16.6 Å². The summed E-state index contributed by atoms with van der Waals surface area (Å²) >= 11 is 0.